The number of aryl methyl sites for hydroxylation is 1. The summed E-state index contributed by atoms with van der Waals surface area (Å²) in [5.74, 6) is 1.47. The van der Waals surface area contributed by atoms with Crippen molar-refractivity contribution in [2.24, 2.45) is 0 Å². The van der Waals surface area contributed by atoms with Gasteiger partial charge in [-0.1, -0.05) is 0 Å². The molecule has 106 valence electrons. The normalized spacial score (nSPS) is 27.5. The predicted octanol–water partition coefficient (Wildman–Crippen LogP) is 0.173. The van der Waals surface area contributed by atoms with Crippen LogP contribution in [0.2, 0.25) is 0 Å². The van der Waals surface area contributed by atoms with Crippen LogP contribution in [-0.2, 0) is 0 Å². The highest BCUT2D eigenvalue weighted by Gasteiger charge is 2.37. The summed E-state index contributed by atoms with van der Waals surface area (Å²) in [7, 11) is 3.88. The molecule has 2 atom stereocenters. The second-order valence-electron chi connectivity index (χ2n) is 5.64. The highest BCUT2D eigenvalue weighted by molar-refractivity contribution is 5.48. The number of aromatic nitrogens is 2. The molecular weight excluding hydrogens is 244 g/mol. The Morgan fingerprint density at radius 3 is 2.74 bits per heavy atom. The van der Waals surface area contributed by atoms with E-state index in [-0.39, 0.29) is 0 Å². The maximum atomic E-state index is 9.97. The van der Waals surface area contributed by atoms with Gasteiger partial charge in [0.1, 0.15) is 5.82 Å². The van der Waals surface area contributed by atoms with Crippen molar-refractivity contribution < 1.29 is 10.2 Å². The monoisotopic (exact) mass is 266 g/mol. The molecule has 0 amide bonds. The van der Waals surface area contributed by atoms with E-state index in [0.717, 1.165) is 11.4 Å². The van der Waals surface area contributed by atoms with Crippen LogP contribution in [0, 0.1) is 6.92 Å². The van der Waals surface area contributed by atoms with Crippen molar-refractivity contribution in [2.75, 3.05) is 37.0 Å². The minimum atomic E-state index is -1.02. The standard InChI is InChI=1S/C13H22N4O2/c1-9-7-14-12(15-11(9)16(3)4)17-6-5-13(2,19)10(18)8-17/h7,10,18-19H,5-6,8H2,1-4H3/t10-,13-/m1/s1. The van der Waals surface area contributed by atoms with Crippen LogP contribution in [0.5, 0.6) is 0 Å². The topological polar surface area (TPSA) is 72.7 Å². The first-order valence-electron chi connectivity index (χ1n) is 6.47. The van der Waals surface area contributed by atoms with E-state index in [4.69, 9.17) is 0 Å². The van der Waals surface area contributed by atoms with Crippen molar-refractivity contribution in [1.29, 1.82) is 0 Å². The van der Waals surface area contributed by atoms with Crippen LogP contribution in [0.4, 0.5) is 11.8 Å². The maximum Gasteiger partial charge on any atom is 0.227 e. The van der Waals surface area contributed by atoms with Crippen LogP contribution in [0.3, 0.4) is 0 Å². The molecule has 0 spiro atoms. The predicted molar refractivity (Wildman–Crippen MR) is 74.6 cm³/mol. The molecule has 6 heteroatoms. The summed E-state index contributed by atoms with van der Waals surface area (Å²) in [6.07, 6.45) is 1.51. The number of hydrogen-bond acceptors (Lipinski definition) is 6. The fourth-order valence-corrected chi connectivity index (χ4v) is 2.24. The van der Waals surface area contributed by atoms with Crippen LogP contribution < -0.4 is 9.80 Å². The molecule has 1 fully saturated rings. The number of nitrogens with zero attached hydrogens (tertiary/aromatic N) is 4. The Labute approximate surface area is 113 Å². The Bertz CT molecular complexity index is 462. The van der Waals surface area contributed by atoms with Gasteiger partial charge in [-0.2, -0.15) is 4.98 Å². The average Bonchev–Trinajstić information content (AvgIpc) is 2.33. The average molecular weight is 266 g/mol. The zero-order valence-electron chi connectivity index (χ0n) is 12.0. The molecule has 0 bridgehead atoms. The first kappa shape index (κ1) is 14.0. The van der Waals surface area contributed by atoms with E-state index in [1.807, 2.05) is 30.8 Å². The lowest BCUT2D eigenvalue weighted by molar-refractivity contribution is -0.0724. The van der Waals surface area contributed by atoms with E-state index in [1.165, 1.54) is 0 Å². The minimum Gasteiger partial charge on any atom is -0.388 e. The summed E-state index contributed by atoms with van der Waals surface area (Å²) in [5.41, 5.74) is -0.00993. The van der Waals surface area contributed by atoms with Gasteiger partial charge < -0.3 is 20.0 Å². The number of aliphatic hydroxyl groups excluding tert-OH is 1. The van der Waals surface area contributed by atoms with Gasteiger partial charge in [0, 0.05) is 38.9 Å². The van der Waals surface area contributed by atoms with Gasteiger partial charge in [-0.15, -0.1) is 0 Å². The molecule has 1 saturated heterocycles. The largest absolute Gasteiger partial charge is 0.388 e. The number of β-amino-alcohol motifs (C(OH)–C–C–N with tert-alkyl or cyclic N) is 1. The molecular formula is C13H22N4O2. The number of piperidine rings is 1. The van der Waals surface area contributed by atoms with E-state index >= 15 is 0 Å². The van der Waals surface area contributed by atoms with Gasteiger partial charge >= 0.3 is 0 Å². The van der Waals surface area contributed by atoms with E-state index < -0.39 is 11.7 Å². The van der Waals surface area contributed by atoms with Crippen LogP contribution in [0.25, 0.3) is 0 Å². The quantitative estimate of drug-likeness (QED) is 0.795. The molecule has 2 rings (SSSR count). The van der Waals surface area contributed by atoms with E-state index in [9.17, 15) is 10.2 Å². The molecule has 0 unspecified atom stereocenters. The lowest BCUT2D eigenvalue weighted by Gasteiger charge is -2.40. The lowest BCUT2D eigenvalue weighted by atomic mass is 9.91. The Morgan fingerprint density at radius 2 is 2.16 bits per heavy atom. The summed E-state index contributed by atoms with van der Waals surface area (Å²) >= 11 is 0. The van der Waals surface area contributed by atoms with Gasteiger partial charge in [0.2, 0.25) is 5.95 Å². The SMILES string of the molecule is Cc1cnc(N2CC[C@@](C)(O)[C@H](O)C2)nc1N(C)C. The van der Waals surface area contributed by atoms with Crippen molar-refractivity contribution in [3.05, 3.63) is 11.8 Å². The highest BCUT2D eigenvalue weighted by Crippen LogP contribution is 2.25. The third-order valence-corrected chi connectivity index (χ3v) is 3.64. The van der Waals surface area contributed by atoms with Crippen molar-refractivity contribution >= 4 is 11.8 Å². The second kappa shape index (κ2) is 4.94. The maximum absolute atomic E-state index is 9.97. The van der Waals surface area contributed by atoms with Crippen molar-refractivity contribution in [1.82, 2.24) is 9.97 Å². The zero-order valence-corrected chi connectivity index (χ0v) is 12.0. The smallest absolute Gasteiger partial charge is 0.227 e. The fraction of sp³-hybridized carbons (Fsp3) is 0.692. The van der Waals surface area contributed by atoms with Gasteiger partial charge in [-0.05, 0) is 20.3 Å². The van der Waals surface area contributed by atoms with E-state index in [1.54, 1.807) is 13.1 Å². The zero-order chi connectivity index (χ0) is 14.2. The van der Waals surface area contributed by atoms with Crippen LogP contribution in [0.15, 0.2) is 6.20 Å². The molecule has 1 aromatic heterocycles. The Balaban J connectivity index is 2.22. The molecule has 1 aliphatic heterocycles. The van der Waals surface area contributed by atoms with Gasteiger partial charge in [0.05, 0.1) is 11.7 Å². The van der Waals surface area contributed by atoms with Crippen molar-refractivity contribution in [2.45, 2.75) is 32.0 Å². The third-order valence-electron chi connectivity index (χ3n) is 3.64. The van der Waals surface area contributed by atoms with Crippen LogP contribution in [-0.4, -0.2) is 59.1 Å². The number of aliphatic hydroxyl groups is 2. The van der Waals surface area contributed by atoms with Crippen molar-refractivity contribution in [3.63, 3.8) is 0 Å². The molecule has 0 saturated carbocycles. The Hall–Kier alpha value is -1.40. The molecule has 0 aromatic carbocycles. The molecule has 2 heterocycles. The summed E-state index contributed by atoms with van der Waals surface area (Å²) < 4.78 is 0. The van der Waals surface area contributed by atoms with Crippen molar-refractivity contribution in [3.8, 4) is 0 Å². The van der Waals surface area contributed by atoms with Gasteiger partial charge in [-0.3, -0.25) is 0 Å². The van der Waals surface area contributed by atoms with Gasteiger partial charge in [0.25, 0.3) is 0 Å². The van der Waals surface area contributed by atoms with E-state index in [2.05, 4.69) is 9.97 Å². The summed E-state index contributed by atoms with van der Waals surface area (Å²) in [6.45, 7) is 4.62. The Kier molecular flexibility index (Phi) is 3.64. The van der Waals surface area contributed by atoms with Gasteiger partial charge in [-0.25, -0.2) is 4.98 Å². The number of rotatable bonds is 2. The summed E-state index contributed by atoms with van der Waals surface area (Å²) in [4.78, 5) is 12.7. The molecule has 19 heavy (non-hydrogen) atoms. The third kappa shape index (κ3) is 2.79. The first-order chi connectivity index (χ1) is 8.81. The molecule has 1 aliphatic rings. The number of hydrogen-bond donors (Lipinski definition) is 2. The number of anilines is 2. The minimum absolute atomic E-state index is 0.350. The summed E-state index contributed by atoms with van der Waals surface area (Å²) in [6, 6.07) is 0. The molecule has 1 aromatic rings. The van der Waals surface area contributed by atoms with Crippen LogP contribution in [0.1, 0.15) is 18.9 Å². The molecule has 2 N–H and O–H groups in total. The van der Waals surface area contributed by atoms with E-state index in [0.29, 0.717) is 25.5 Å². The van der Waals surface area contributed by atoms with Gasteiger partial charge in [0.15, 0.2) is 0 Å². The Morgan fingerprint density at radius 1 is 1.47 bits per heavy atom. The van der Waals surface area contributed by atoms with Crippen LogP contribution >= 0.6 is 0 Å². The first-order valence-corrected chi connectivity index (χ1v) is 6.47. The molecule has 0 aliphatic carbocycles. The lowest BCUT2D eigenvalue weighted by Crippen LogP contribution is -2.54. The molecule has 0 radical (unpaired) electrons. The fourth-order valence-electron chi connectivity index (χ4n) is 2.24. The highest BCUT2D eigenvalue weighted by atomic mass is 16.3. The molecule has 6 nitrogen and oxygen atoms in total. The second-order valence-corrected chi connectivity index (χ2v) is 5.64. The summed E-state index contributed by atoms with van der Waals surface area (Å²) in [5, 5.41) is 19.9.